The Morgan fingerprint density at radius 2 is 2.26 bits per heavy atom. The standard InChI is InChI=1S/C14H16N2O3/c1-2-16(9-10-17)14(18)8-7-13-15-11-5-3-4-6-12(11)19-13/h3-8,17H,2,9-10H2,1H3/b8-7+. The van der Waals surface area contributed by atoms with Gasteiger partial charge in [0, 0.05) is 25.2 Å². The van der Waals surface area contributed by atoms with Crippen molar-refractivity contribution in [1.29, 1.82) is 0 Å². The predicted molar refractivity (Wildman–Crippen MR) is 72.4 cm³/mol. The average Bonchev–Trinajstić information content (AvgIpc) is 2.85. The lowest BCUT2D eigenvalue weighted by Gasteiger charge is -2.16. The highest BCUT2D eigenvalue weighted by molar-refractivity contribution is 5.91. The zero-order valence-corrected chi connectivity index (χ0v) is 10.7. The van der Waals surface area contributed by atoms with Gasteiger partial charge in [-0.25, -0.2) is 4.98 Å². The van der Waals surface area contributed by atoms with Gasteiger partial charge in [0.1, 0.15) is 5.52 Å². The number of aromatic nitrogens is 1. The topological polar surface area (TPSA) is 66.6 Å². The van der Waals surface area contributed by atoms with Crippen LogP contribution in [0.15, 0.2) is 34.8 Å². The molecule has 0 radical (unpaired) electrons. The fourth-order valence-corrected chi connectivity index (χ4v) is 1.75. The summed E-state index contributed by atoms with van der Waals surface area (Å²) < 4.78 is 5.47. The second-order valence-corrected chi connectivity index (χ2v) is 3.99. The maximum atomic E-state index is 11.8. The molecule has 0 saturated carbocycles. The fourth-order valence-electron chi connectivity index (χ4n) is 1.75. The van der Waals surface area contributed by atoms with Crippen LogP contribution in [0, 0.1) is 0 Å². The predicted octanol–water partition coefficient (Wildman–Crippen LogP) is 1.68. The minimum absolute atomic E-state index is 0.0453. The molecule has 1 aromatic heterocycles. The smallest absolute Gasteiger partial charge is 0.246 e. The molecule has 0 spiro atoms. The quantitative estimate of drug-likeness (QED) is 0.831. The number of para-hydroxylation sites is 2. The molecule has 0 aliphatic rings. The van der Waals surface area contributed by atoms with Gasteiger partial charge in [-0.2, -0.15) is 0 Å². The number of rotatable bonds is 5. The Labute approximate surface area is 111 Å². The van der Waals surface area contributed by atoms with Gasteiger partial charge in [0.25, 0.3) is 0 Å². The highest BCUT2D eigenvalue weighted by atomic mass is 16.3. The number of oxazole rings is 1. The van der Waals surface area contributed by atoms with E-state index < -0.39 is 0 Å². The molecule has 5 nitrogen and oxygen atoms in total. The van der Waals surface area contributed by atoms with Crippen molar-refractivity contribution in [2.24, 2.45) is 0 Å². The number of likely N-dealkylation sites (N-methyl/N-ethyl adjacent to an activating group) is 1. The van der Waals surface area contributed by atoms with Crippen LogP contribution in [0.25, 0.3) is 17.2 Å². The maximum absolute atomic E-state index is 11.8. The SMILES string of the molecule is CCN(CCO)C(=O)/C=C/c1nc2ccccc2o1. The first-order valence-electron chi connectivity index (χ1n) is 6.18. The molecule has 1 N–H and O–H groups in total. The van der Waals surface area contributed by atoms with Crippen LogP contribution >= 0.6 is 0 Å². The number of aliphatic hydroxyl groups excluding tert-OH is 1. The zero-order chi connectivity index (χ0) is 13.7. The van der Waals surface area contributed by atoms with E-state index in [0.717, 1.165) is 5.52 Å². The van der Waals surface area contributed by atoms with Crippen molar-refractivity contribution < 1.29 is 14.3 Å². The fraction of sp³-hybridized carbons (Fsp3) is 0.286. The van der Waals surface area contributed by atoms with Crippen molar-refractivity contribution in [2.45, 2.75) is 6.92 Å². The summed E-state index contributed by atoms with van der Waals surface area (Å²) in [7, 11) is 0. The Hall–Kier alpha value is -2.14. The molecule has 1 heterocycles. The van der Waals surface area contributed by atoms with Crippen LogP contribution < -0.4 is 0 Å². The number of hydrogen-bond acceptors (Lipinski definition) is 4. The van der Waals surface area contributed by atoms with Gasteiger partial charge in [0.05, 0.1) is 6.61 Å². The summed E-state index contributed by atoms with van der Waals surface area (Å²) >= 11 is 0. The van der Waals surface area contributed by atoms with Crippen molar-refractivity contribution in [3.63, 3.8) is 0 Å². The lowest BCUT2D eigenvalue weighted by Crippen LogP contribution is -2.31. The van der Waals surface area contributed by atoms with Crippen molar-refractivity contribution in [3.05, 3.63) is 36.2 Å². The minimum atomic E-state index is -0.168. The largest absolute Gasteiger partial charge is 0.437 e. The second-order valence-electron chi connectivity index (χ2n) is 3.99. The van der Waals surface area contributed by atoms with Crippen LogP contribution in [-0.4, -0.2) is 40.6 Å². The maximum Gasteiger partial charge on any atom is 0.246 e. The molecule has 0 aliphatic carbocycles. The first kappa shape index (κ1) is 13.3. The number of carbonyl (C=O) groups is 1. The van der Waals surface area contributed by atoms with Crippen molar-refractivity contribution >= 4 is 23.1 Å². The molecule has 1 amide bonds. The average molecular weight is 260 g/mol. The highest BCUT2D eigenvalue weighted by Crippen LogP contribution is 2.15. The summed E-state index contributed by atoms with van der Waals surface area (Å²) in [5.74, 6) is 0.230. The monoisotopic (exact) mass is 260 g/mol. The van der Waals surface area contributed by atoms with Gasteiger partial charge in [-0.1, -0.05) is 12.1 Å². The molecule has 0 fully saturated rings. The molecule has 2 aromatic rings. The first-order valence-corrected chi connectivity index (χ1v) is 6.18. The molecule has 1 aromatic carbocycles. The Morgan fingerprint density at radius 3 is 2.95 bits per heavy atom. The Morgan fingerprint density at radius 1 is 1.47 bits per heavy atom. The van der Waals surface area contributed by atoms with E-state index in [1.54, 1.807) is 11.0 Å². The number of carbonyl (C=O) groups excluding carboxylic acids is 1. The third-order valence-corrected chi connectivity index (χ3v) is 2.74. The normalized spacial score (nSPS) is 11.3. The van der Waals surface area contributed by atoms with E-state index >= 15 is 0 Å². The third-order valence-electron chi connectivity index (χ3n) is 2.74. The number of fused-ring (bicyclic) bond motifs is 1. The number of aliphatic hydroxyl groups is 1. The van der Waals surface area contributed by atoms with Crippen LogP contribution in [0.3, 0.4) is 0 Å². The molecule has 0 aliphatic heterocycles. The van der Waals surface area contributed by atoms with Crippen LogP contribution in [-0.2, 0) is 4.79 Å². The minimum Gasteiger partial charge on any atom is -0.437 e. The molecular weight excluding hydrogens is 244 g/mol. The first-order chi connectivity index (χ1) is 9.24. The van der Waals surface area contributed by atoms with E-state index in [1.807, 2.05) is 31.2 Å². The van der Waals surface area contributed by atoms with Gasteiger partial charge in [0.15, 0.2) is 5.58 Å². The Bertz CT molecular complexity index is 556. The molecule has 0 bridgehead atoms. The van der Waals surface area contributed by atoms with Crippen LogP contribution in [0.2, 0.25) is 0 Å². The van der Waals surface area contributed by atoms with E-state index in [0.29, 0.717) is 24.6 Å². The highest BCUT2D eigenvalue weighted by Gasteiger charge is 2.08. The Kier molecular flexibility index (Phi) is 4.30. The van der Waals surface area contributed by atoms with Crippen molar-refractivity contribution in [2.75, 3.05) is 19.7 Å². The summed E-state index contributed by atoms with van der Waals surface area (Å²) in [5.41, 5.74) is 1.45. The lowest BCUT2D eigenvalue weighted by molar-refractivity contribution is -0.126. The van der Waals surface area contributed by atoms with Gasteiger partial charge < -0.3 is 14.4 Å². The second kappa shape index (κ2) is 6.15. The van der Waals surface area contributed by atoms with Gasteiger partial charge >= 0.3 is 0 Å². The van der Waals surface area contributed by atoms with Crippen LogP contribution in [0.5, 0.6) is 0 Å². The van der Waals surface area contributed by atoms with Gasteiger partial charge in [0.2, 0.25) is 11.8 Å². The number of benzene rings is 1. The molecule has 0 unspecified atom stereocenters. The van der Waals surface area contributed by atoms with Crippen molar-refractivity contribution in [1.82, 2.24) is 9.88 Å². The summed E-state index contributed by atoms with van der Waals surface area (Å²) in [6, 6.07) is 7.42. The summed E-state index contributed by atoms with van der Waals surface area (Å²) in [6.07, 6.45) is 2.95. The van der Waals surface area contributed by atoms with Gasteiger partial charge in [-0.05, 0) is 19.1 Å². The summed E-state index contributed by atoms with van der Waals surface area (Å²) in [5, 5.41) is 8.85. The number of hydrogen-bond donors (Lipinski definition) is 1. The molecule has 100 valence electrons. The van der Waals surface area contributed by atoms with E-state index in [4.69, 9.17) is 9.52 Å². The third kappa shape index (κ3) is 3.20. The zero-order valence-electron chi connectivity index (χ0n) is 10.7. The molecule has 5 heteroatoms. The number of amides is 1. The van der Waals surface area contributed by atoms with E-state index in [-0.39, 0.29) is 12.5 Å². The molecule has 0 atom stereocenters. The van der Waals surface area contributed by atoms with Crippen LogP contribution in [0.4, 0.5) is 0 Å². The Balaban J connectivity index is 2.11. The van der Waals surface area contributed by atoms with Gasteiger partial charge in [-0.15, -0.1) is 0 Å². The van der Waals surface area contributed by atoms with Gasteiger partial charge in [-0.3, -0.25) is 4.79 Å². The summed E-state index contributed by atoms with van der Waals surface area (Å²) in [4.78, 5) is 17.6. The molecule has 19 heavy (non-hydrogen) atoms. The van der Waals surface area contributed by atoms with E-state index in [9.17, 15) is 4.79 Å². The molecular formula is C14H16N2O3. The molecule has 2 rings (SSSR count). The van der Waals surface area contributed by atoms with E-state index in [1.165, 1.54) is 6.08 Å². The van der Waals surface area contributed by atoms with Crippen LogP contribution in [0.1, 0.15) is 12.8 Å². The lowest BCUT2D eigenvalue weighted by atomic mass is 10.3. The number of nitrogens with zero attached hydrogens (tertiary/aromatic N) is 2. The molecule has 0 saturated heterocycles. The summed E-state index contributed by atoms with van der Waals surface area (Å²) in [6.45, 7) is 2.70. The van der Waals surface area contributed by atoms with E-state index in [2.05, 4.69) is 4.98 Å². The van der Waals surface area contributed by atoms with Crippen molar-refractivity contribution in [3.8, 4) is 0 Å².